The molecule has 0 radical (unpaired) electrons. The quantitative estimate of drug-likeness (QED) is 0.291. The highest BCUT2D eigenvalue weighted by molar-refractivity contribution is 6.19. The third-order valence-corrected chi connectivity index (χ3v) is 1.96. The number of halogens is 2. The van der Waals surface area contributed by atoms with E-state index < -0.39 is 0 Å². The molecule has 1 rings (SSSR count). The molecule has 0 aliphatic carbocycles. The van der Waals surface area contributed by atoms with Gasteiger partial charge in [0, 0.05) is 7.05 Å². The van der Waals surface area contributed by atoms with Crippen molar-refractivity contribution in [3.8, 4) is 0 Å². The maximum Gasteiger partial charge on any atom is 0.245 e. The van der Waals surface area contributed by atoms with Crippen LogP contribution in [-0.2, 0) is 0 Å². The van der Waals surface area contributed by atoms with Gasteiger partial charge in [0.1, 0.15) is 6.20 Å². The molecule has 9 heavy (non-hydrogen) atoms. The van der Waals surface area contributed by atoms with Gasteiger partial charge in [-0.1, -0.05) is 0 Å². The maximum atomic E-state index is 5.84. The predicted octanol–water partition coefficient (Wildman–Crippen LogP) is -3.56. The number of nitrogens with one attached hydrogen (secondary N) is 1. The summed E-state index contributed by atoms with van der Waals surface area (Å²) in [4.78, 5) is 3.19. The van der Waals surface area contributed by atoms with Crippen LogP contribution in [0, 0.1) is 0 Å². The van der Waals surface area contributed by atoms with Gasteiger partial charge in [0.15, 0.2) is 0 Å². The van der Waals surface area contributed by atoms with E-state index in [4.69, 9.17) is 11.6 Å². The van der Waals surface area contributed by atoms with Crippen molar-refractivity contribution in [3.05, 3.63) is 12.4 Å². The van der Waals surface area contributed by atoms with Crippen LogP contribution in [0.15, 0.2) is 12.4 Å². The van der Waals surface area contributed by atoms with Gasteiger partial charge in [-0.3, -0.25) is 4.90 Å². The molecule has 2 nitrogen and oxygen atoms in total. The maximum absolute atomic E-state index is 5.84. The van der Waals surface area contributed by atoms with Crippen molar-refractivity contribution in [1.82, 2.24) is 4.90 Å². The van der Waals surface area contributed by atoms with Gasteiger partial charge in [-0.15, -0.1) is 0 Å². The van der Waals surface area contributed by atoms with E-state index in [1.54, 1.807) is 0 Å². The fourth-order valence-corrected chi connectivity index (χ4v) is 0.849. The van der Waals surface area contributed by atoms with Crippen molar-refractivity contribution >= 4 is 11.6 Å². The van der Waals surface area contributed by atoms with Crippen LogP contribution in [0.1, 0.15) is 0 Å². The first-order chi connectivity index (χ1) is 3.72. The van der Waals surface area contributed by atoms with Crippen molar-refractivity contribution in [3.63, 3.8) is 0 Å². The van der Waals surface area contributed by atoms with Crippen molar-refractivity contribution in [2.75, 3.05) is 14.1 Å². The van der Waals surface area contributed by atoms with Gasteiger partial charge in [0.05, 0.1) is 13.2 Å². The van der Waals surface area contributed by atoms with Gasteiger partial charge < -0.3 is 17.3 Å². The molecule has 0 aromatic carbocycles. The third-order valence-electron chi connectivity index (χ3n) is 1.31. The molecule has 1 aliphatic heterocycles. The first-order valence-electron chi connectivity index (χ1n) is 2.59. The standard InChI is InChI=1S/C5H9ClN2.ClH/c1-7-3-4-8(2)5(7)6;/h3-5H,1-2H3;1H. The number of nitrogens with zero attached hydrogens (tertiary/aromatic N) is 1. The third kappa shape index (κ3) is 1.75. The molecule has 0 saturated carbocycles. The Morgan fingerprint density at radius 1 is 1.67 bits per heavy atom. The highest BCUT2D eigenvalue weighted by atomic mass is 35.5. The number of hydrogen-bond acceptors (Lipinski definition) is 1. The van der Waals surface area contributed by atoms with Gasteiger partial charge in [-0.25, -0.2) is 0 Å². The van der Waals surface area contributed by atoms with E-state index in [1.165, 1.54) is 4.90 Å². The number of rotatable bonds is 0. The second kappa shape index (κ2) is 3.30. The highest BCUT2D eigenvalue weighted by Gasteiger charge is 2.21. The number of hydrogen-bond donors (Lipinski definition) is 1. The van der Waals surface area contributed by atoms with Crippen LogP contribution >= 0.6 is 11.6 Å². The SMILES string of the molecule is CN1C=C[NH+](C)C1Cl.[Cl-]. The minimum atomic E-state index is 0. The van der Waals surface area contributed by atoms with Crippen molar-refractivity contribution < 1.29 is 17.3 Å². The molecule has 4 heteroatoms. The zero-order valence-electron chi connectivity index (χ0n) is 5.44. The molecule has 0 bridgehead atoms. The smallest absolute Gasteiger partial charge is 0.245 e. The van der Waals surface area contributed by atoms with E-state index in [9.17, 15) is 0 Å². The molecule has 1 aliphatic rings. The molecule has 0 spiro atoms. The molecule has 1 N–H and O–H groups in total. The van der Waals surface area contributed by atoms with Gasteiger partial charge in [-0.2, -0.15) is 0 Å². The molecule has 0 amide bonds. The normalized spacial score (nSPS) is 32.6. The summed E-state index contributed by atoms with van der Waals surface area (Å²) in [6.45, 7) is 0. The summed E-state index contributed by atoms with van der Waals surface area (Å²) >= 11 is 5.84. The fraction of sp³-hybridized carbons (Fsp3) is 0.600. The lowest BCUT2D eigenvalue weighted by atomic mass is 10.8. The van der Waals surface area contributed by atoms with E-state index in [0.717, 1.165) is 0 Å². The molecule has 54 valence electrons. The van der Waals surface area contributed by atoms with Crippen LogP contribution < -0.4 is 17.3 Å². The second-order valence-corrected chi connectivity index (χ2v) is 2.47. The second-order valence-electron chi connectivity index (χ2n) is 2.06. The van der Waals surface area contributed by atoms with E-state index >= 15 is 0 Å². The zero-order chi connectivity index (χ0) is 6.15. The van der Waals surface area contributed by atoms with Crippen LogP contribution in [0.2, 0.25) is 0 Å². The lowest BCUT2D eigenvalue weighted by Crippen LogP contribution is -3.07. The van der Waals surface area contributed by atoms with Gasteiger partial charge in [0.25, 0.3) is 0 Å². The van der Waals surface area contributed by atoms with E-state index in [2.05, 4.69) is 0 Å². The van der Waals surface area contributed by atoms with E-state index in [1.807, 2.05) is 31.4 Å². The zero-order valence-corrected chi connectivity index (χ0v) is 6.95. The summed E-state index contributed by atoms with van der Waals surface area (Å²) in [6.07, 6.45) is 4.00. The molecule has 0 aromatic rings. The minimum absolute atomic E-state index is 0. The first kappa shape index (κ1) is 9.08. The van der Waals surface area contributed by atoms with Gasteiger partial charge in [0.2, 0.25) is 5.62 Å². The summed E-state index contributed by atoms with van der Waals surface area (Å²) in [5.74, 6) is 0. The van der Waals surface area contributed by atoms with Gasteiger partial charge >= 0.3 is 0 Å². The first-order valence-corrected chi connectivity index (χ1v) is 3.03. The van der Waals surface area contributed by atoms with Crippen LogP contribution in [0.5, 0.6) is 0 Å². The Kier molecular flexibility index (Phi) is 3.33. The van der Waals surface area contributed by atoms with Crippen LogP contribution in [0.3, 0.4) is 0 Å². The Balaban J connectivity index is 0.000000640. The molecule has 0 fully saturated rings. The van der Waals surface area contributed by atoms with E-state index in [0.29, 0.717) is 0 Å². The Bertz CT molecular complexity index is 104. The lowest BCUT2D eigenvalue weighted by molar-refractivity contribution is -0.840. The molecule has 0 aromatic heterocycles. The average molecular weight is 169 g/mol. The van der Waals surface area contributed by atoms with E-state index in [-0.39, 0.29) is 18.0 Å². The van der Waals surface area contributed by atoms with Crippen molar-refractivity contribution in [2.45, 2.75) is 5.62 Å². The van der Waals surface area contributed by atoms with Crippen molar-refractivity contribution in [1.29, 1.82) is 0 Å². The Morgan fingerprint density at radius 2 is 2.22 bits per heavy atom. The fourth-order valence-electron chi connectivity index (χ4n) is 0.711. The lowest BCUT2D eigenvalue weighted by Gasteiger charge is -2.14. The Labute approximate surface area is 66.5 Å². The number of alkyl halides is 1. The molecule has 2 unspecified atom stereocenters. The highest BCUT2D eigenvalue weighted by Crippen LogP contribution is 1.97. The molecule has 1 heterocycles. The minimum Gasteiger partial charge on any atom is -1.00 e. The molecule has 0 saturated heterocycles. The molecular weight excluding hydrogens is 159 g/mol. The van der Waals surface area contributed by atoms with Crippen LogP contribution in [0.4, 0.5) is 0 Å². The summed E-state index contributed by atoms with van der Waals surface area (Å²) in [6, 6.07) is 0. The van der Waals surface area contributed by atoms with Crippen LogP contribution in [0.25, 0.3) is 0 Å². The Morgan fingerprint density at radius 3 is 2.33 bits per heavy atom. The van der Waals surface area contributed by atoms with Crippen molar-refractivity contribution in [2.24, 2.45) is 0 Å². The predicted molar refractivity (Wildman–Crippen MR) is 33.4 cm³/mol. The average Bonchev–Trinajstić information content (AvgIpc) is 1.98. The summed E-state index contributed by atoms with van der Waals surface area (Å²) in [7, 11) is 3.99. The Hall–Kier alpha value is 0.0800. The summed E-state index contributed by atoms with van der Waals surface area (Å²) < 4.78 is 0. The monoisotopic (exact) mass is 168 g/mol. The summed E-state index contributed by atoms with van der Waals surface area (Å²) in [5.41, 5.74) is 0.0926. The van der Waals surface area contributed by atoms with Crippen LogP contribution in [-0.4, -0.2) is 24.6 Å². The number of quaternary nitrogens is 1. The van der Waals surface area contributed by atoms with Gasteiger partial charge in [-0.05, 0) is 11.6 Å². The largest absolute Gasteiger partial charge is 1.00 e. The topological polar surface area (TPSA) is 7.68 Å². The summed E-state index contributed by atoms with van der Waals surface area (Å²) in [5, 5.41) is 0. The molecular formula is C5H10Cl2N2. The molecule has 2 atom stereocenters.